The van der Waals surface area contributed by atoms with Gasteiger partial charge < -0.3 is 5.32 Å². The molecule has 0 saturated heterocycles. The van der Waals surface area contributed by atoms with Crippen LogP contribution in [0.15, 0.2) is 54.7 Å². The molecule has 0 aliphatic carbocycles. The average molecular weight is 378 g/mol. The number of hydrogen-bond acceptors (Lipinski definition) is 2. The molecule has 4 nitrogen and oxygen atoms in total. The average Bonchev–Trinajstić information content (AvgIpc) is 2.98. The maximum Gasteiger partial charge on any atom is 0.229 e. The lowest BCUT2D eigenvalue weighted by molar-refractivity contribution is -0.115. The fourth-order valence-corrected chi connectivity index (χ4v) is 2.93. The zero-order chi connectivity index (χ0) is 17.8. The second kappa shape index (κ2) is 7.68. The number of amides is 1. The van der Waals surface area contributed by atoms with Crippen molar-refractivity contribution in [2.75, 3.05) is 5.32 Å². The van der Waals surface area contributed by atoms with Gasteiger partial charge in [0.1, 0.15) is 11.6 Å². The highest BCUT2D eigenvalue weighted by Gasteiger charge is 2.12. The molecule has 2 aromatic carbocycles. The highest BCUT2D eigenvalue weighted by molar-refractivity contribution is 6.35. The molecule has 7 heteroatoms. The largest absolute Gasteiger partial charge is 0.311 e. The van der Waals surface area contributed by atoms with Gasteiger partial charge in [-0.2, -0.15) is 5.10 Å². The molecule has 25 heavy (non-hydrogen) atoms. The Labute approximate surface area is 154 Å². The summed E-state index contributed by atoms with van der Waals surface area (Å²) in [5.41, 5.74) is 1.31. The van der Waals surface area contributed by atoms with Crippen LogP contribution in [0.3, 0.4) is 0 Å². The Kier molecular flexibility index (Phi) is 5.36. The lowest BCUT2D eigenvalue weighted by Gasteiger charge is -2.11. The predicted octanol–water partition coefficient (Wildman–Crippen LogP) is 4.56. The highest BCUT2D eigenvalue weighted by atomic mass is 35.5. The van der Waals surface area contributed by atoms with E-state index in [1.54, 1.807) is 47.3 Å². The number of halogens is 3. The molecule has 0 unspecified atom stereocenters. The Morgan fingerprint density at radius 1 is 1.12 bits per heavy atom. The Morgan fingerprint density at radius 2 is 1.84 bits per heavy atom. The number of hydrogen-bond donors (Lipinski definition) is 1. The number of aromatic nitrogens is 2. The van der Waals surface area contributed by atoms with Gasteiger partial charge in [0.25, 0.3) is 0 Å². The summed E-state index contributed by atoms with van der Waals surface area (Å²) in [5.74, 6) is -0.126. The molecule has 0 bridgehead atoms. The van der Waals surface area contributed by atoms with Crippen molar-refractivity contribution in [1.29, 1.82) is 0 Å². The molecule has 128 valence electrons. The maximum atomic E-state index is 13.2. The molecule has 1 heterocycles. The lowest BCUT2D eigenvalue weighted by Crippen LogP contribution is -2.18. The lowest BCUT2D eigenvalue weighted by atomic mass is 10.1. The fraction of sp³-hybridized carbons (Fsp3) is 0.111. The van der Waals surface area contributed by atoms with Gasteiger partial charge in [-0.05, 0) is 29.8 Å². The first-order valence-electron chi connectivity index (χ1n) is 7.52. The molecule has 3 rings (SSSR count). The SMILES string of the molecule is O=C(Cc1cccc(F)c1)Nc1ccnn1Cc1c(Cl)cccc1Cl. The Balaban J connectivity index is 1.72. The van der Waals surface area contributed by atoms with Gasteiger partial charge in [-0.25, -0.2) is 9.07 Å². The normalized spacial score (nSPS) is 10.7. The maximum absolute atomic E-state index is 13.2. The molecule has 0 aliphatic heterocycles. The van der Waals surface area contributed by atoms with E-state index in [0.717, 1.165) is 5.56 Å². The second-order valence-electron chi connectivity index (χ2n) is 5.43. The number of benzene rings is 2. The third-order valence-corrected chi connectivity index (χ3v) is 4.32. The highest BCUT2D eigenvalue weighted by Crippen LogP contribution is 2.26. The van der Waals surface area contributed by atoms with Crippen LogP contribution in [-0.4, -0.2) is 15.7 Å². The van der Waals surface area contributed by atoms with Crippen molar-refractivity contribution < 1.29 is 9.18 Å². The topological polar surface area (TPSA) is 46.9 Å². The Hall–Kier alpha value is -2.37. The number of rotatable bonds is 5. The van der Waals surface area contributed by atoms with Crippen LogP contribution in [0.2, 0.25) is 10.0 Å². The smallest absolute Gasteiger partial charge is 0.229 e. The van der Waals surface area contributed by atoms with Gasteiger partial charge in [-0.1, -0.05) is 41.4 Å². The van der Waals surface area contributed by atoms with E-state index in [9.17, 15) is 9.18 Å². The van der Waals surface area contributed by atoms with Crippen molar-refractivity contribution in [3.8, 4) is 0 Å². The molecule has 0 spiro atoms. The molecule has 0 radical (unpaired) electrons. The van der Waals surface area contributed by atoms with Crippen LogP contribution in [0.25, 0.3) is 0 Å². The summed E-state index contributed by atoms with van der Waals surface area (Å²) in [6, 6.07) is 12.9. The van der Waals surface area contributed by atoms with Crippen LogP contribution in [0.1, 0.15) is 11.1 Å². The summed E-state index contributed by atoms with van der Waals surface area (Å²) in [4.78, 5) is 12.2. The molecule has 0 aliphatic rings. The van der Waals surface area contributed by atoms with Crippen molar-refractivity contribution in [3.05, 3.63) is 81.7 Å². The summed E-state index contributed by atoms with van der Waals surface area (Å²) in [5, 5.41) is 8.02. The minimum Gasteiger partial charge on any atom is -0.311 e. The monoisotopic (exact) mass is 377 g/mol. The predicted molar refractivity (Wildman–Crippen MR) is 96.5 cm³/mol. The van der Waals surface area contributed by atoms with E-state index >= 15 is 0 Å². The molecule has 0 saturated carbocycles. The quantitative estimate of drug-likeness (QED) is 0.708. The van der Waals surface area contributed by atoms with Crippen molar-refractivity contribution in [2.24, 2.45) is 0 Å². The van der Waals surface area contributed by atoms with Crippen LogP contribution in [0.4, 0.5) is 10.2 Å². The first-order chi connectivity index (χ1) is 12.0. The minimum absolute atomic E-state index is 0.0653. The van der Waals surface area contributed by atoms with Crippen molar-refractivity contribution in [1.82, 2.24) is 9.78 Å². The number of nitrogens with zero attached hydrogens (tertiary/aromatic N) is 2. The van der Waals surface area contributed by atoms with Gasteiger partial charge >= 0.3 is 0 Å². The van der Waals surface area contributed by atoms with Crippen molar-refractivity contribution in [3.63, 3.8) is 0 Å². The summed E-state index contributed by atoms with van der Waals surface area (Å²) >= 11 is 12.4. The number of carbonyl (C=O) groups excluding carboxylic acids is 1. The molecule has 1 amide bonds. The third kappa shape index (κ3) is 4.38. The minimum atomic E-state index is -0.372. The van der Waals surface area contributed by atoms with E-state index in [-0.39, 0.29) is 18.1 Å². The van der Waals surface area contributed by atoms with E-state index in [0.29, 0.717) is 28.0 Å². The zero-order valence-electron chi connectivity index (χ0n) is 13.0. The summed E-state index contributed by atoms with van der Waals surface area (Å²) in [6.45, 7) is 0.321. The molecule has 1 N–H and O–H groups in total. The van der Waals surface area contributed by atoms with Crippen LogP contribution in [-0.2, 0) is 17.8 Å². The molecule has 1 aromatic heterocycles. The number of anilines is 1. The summed E-state index contributed by atoms with van der Waals surface area (Å²) in [7, 11) is 0. The van der Waals surface area contributed by atoms with Gasteiger partial charge in [0.15, 0.2) is 0 Å². The number of nitrogens with one attached hydrogen (secondary N) is 1. The van der Waals surface area contributed by atoms with E-state index in [1.807, 2.05) is 0 Å². The van der Waals surface area contributed by atoms with Crippen LogP contribution < -0.4 is 5.32 Å². The standard InChI is InChI=1S/C18H14Cl2FN3O/c19-15-5-2-6-16(20)14(15)11-24-17(7-8-22-24)23-18(25)10-12-3-1-4-13(21)9-12/h1-9H,10-11H2,(H,23,25). The Morgan fingerprint density at radius 3 is 2.56 bits per heavy atom. The van der Waals surface area contributed by atoms with Gasteiger partial charge in [0.05, 0.1) is 19.2 Å². The van der Waals surface area contributed by atoms with E-state index in [1.165, 1.54) is 12.1 Å². The molecule has 0 fully saturated rings. The summed E-state index contributed by atoms with van der Waals surface area (Å²) < 4.78 is 14.8. The molecular formula is C18H14Cl2FN3O. The molecule has 0 atom stereocenters. The first-order valence-corrected chi connectivity index (χ1v) is 8.27. The van der Waals surface area contributed by atoms with E-state index in [4.69, 9.17) is 23.2 Å². The third-order valence-electron chi connectivity index (χ3n) is 3.61. The Bertz CT molecular complexity index is 891. The zero-order valence-corrected chi connectivity index (χ0v) is 14.6. The van der Waals surface area contributed by atoms with Gasteiger partial charge in [-0.15, -0.1) is 0 Å². The van der Waals surface area contributed by atoms with Crippen molar-refractivity contribution >= 4 is 34.9 Å². The van der Waals surface area contributed by atoms with Crippen molar-refractivity contribution in [2.45, 2.75) is 13.0 Å². The van der Waals surface area contributed by atoms with Gasteiger partial charge in [0.2, 0.25) is 5.91 Å². The molecule has 3 aromatic rings. The van der Waals surface area contributed by atoms with Crippen LogP contribution in [0.5, 0.6) is 0 Å². The first kappa shape index (κ1) is 17.5. The molecular weight excluding hydrogens is 364 g/mol. The van der Waals surface area contributed by atoms with Gasteiger partial charge in [-0.3, -0.25) is 4.79 Å². The fourth-order valence-electron chi connectivity index (χ4n) is 2.42. The number of carbonyl (C=O) groups is 1. The van der Waals surface area contributed by atoms with E-state index in [2.05, 4.69) is 10.4 Å². The van der Waals surface area contributed by atoms with Gasteiger partial charge in [0, 0.05) is 21.7 Å². The summed E-state index contributed by atoms with van der Waals surface area (Å²) in [6.07, 6.45) is 1.64. The second-order valence-corrected chi connectivity index (χ2v) is 6.24. The van der Waals surface area contributed by atoms with Crippen LogP contribution >= 0.6 is 23.2 Å². The van der Waals surface area contributed by atoms with Crippen LogP contribution in [0, 0.1) is 5.82 Å². The van der Waals surface area contributed by atoms with E-state index < -0.39 is 0 Å².